The Bertz CT molecular complexity index is 1770. The lowest BCUT2D eigenvalue weighted by Crippen LogP contribution is -2.33. The molecule has 0 aliphatic heterocycles. The number of rotatable bonds is 4. The molecule has 2 heteroatoms. The lowest BCUT2D eigenvalue weighted by atomic mass is 9.87. The number of fused-ring (bicyclic) bond motifs is 3. The molecule has 186 valence electrons. The highest BCUT2D eigenvalue weighted by atomic mass is 16.1. The maximum absolute atomic E-state index is 13.6. The monoisotopic (exact) mass is 501 g/mol. The Labute approximate surface area is 228 Å². The third-order valence-electron chi connectivity index (χ3n) is 7.86. The first kappa shape index (κ1) is 23.2. The molecule has 1 fully saturated rings. The second-order valence-corrected chi connectivity index (χ2v) is 10.3. The van der Waals surface area contributed by atoms with Crippen LogP contribution in [-0.4, -0.2) is 5.78 Å². The van der Waals surface area contributed by atoms with Gasteiger partial charge in [-0.15, -0.1) is 0 Å². The molecule has 0 bridgehead atoms. The summed E-state index contributed by atoms with van der Waals surface area (Å²) in [6.45, 7) is 4.38. The van der Waals surface area contributed by atoms with Gasteiger partial charge in [0.25, 0.3) is 0 Å². The molecule has 2 aliphatic rings. The van der Waals surface area contributed by atoms with Crippen LogP contribution in [0.15, 0.2) is 139 Å². The Morgan fingerprint density at radius 1 is 0.590 bits per heavy atom. The lowest BCUT2D eigenvalue weighted by molar-refractivity contribution is -0.116. The minimum absolute atomic E-state index is 0.00309. The highest BCUT2D eigenvalue weighted by Crippen LogP contribution is 2.41. The van der Waals surface area contributed by atoms with Crippen LogP contribution < -0.4 is 15.3 Å². The Balaban J connectivity index is 1.23. The standard InChI is InChI=1S/C37H27NO/c1-25-34-23-29-21-27-10-8-9-11-28(27)22-30(29)24-36(34)37(39)35(25)20-26-16-18-33(19-17-26)38(31-12-4-2-5-13-31)32-14-6-3-7-15-32/h2-24,34,36H,1H2/b35-20-. The third kappa shape index (κ3) is 4.11. The largest absolute Gasteiger partial charge is 0.311 e. The number of carbonyl (C=O) groups is 1. The van der Waals surface area contributed by atoms with Crippen LogP contribution in [0.4, 0.5) is 17.1 Å². The lowest BCUT2D eigenvalue weighted by Gasteiger charge is -2.25. The number of para-hydroxylation sites is 2. The molecule has 0 saturated heterocycles. The van der Waals surface area contributed by atoms with Crippen molar-refractivity contribution < 1.29 is 4.79 Å². The fourth-order valence-electron chi connectivity index (χ4n) is 5.88. The van der Waals surface area contributed by atoms with Crippen LogP contribution in [0.3, 0.4) is 0 Å². The minimum Gasteiger partial charge on any atom is -0.311 e. The zero-order valence-corrected chi connectivity index (χ0v) is 21.5. The second kappa shape index (κ2) is 9.41. The summed E-state index contributed by atoms with van der Waals surface area (Å²) >= 11 is 0. The van der Waals surface area contributed by atoms with Gasteiger partial charge in [-0.1, -0.05) is 91.5 Å². The topological polar surface area (TPSA) is 20.3 Å². The normalized spacial score (nSPS) is 18.8. The van der Waals surface area contributed by atoms with Gasteiger partial charge in [0, 0.05) is 28.6 Å². The van der Waals surface area contributed by atoms with Crippen molar-refractivity contribution >= 4 is 51.8 Å². The molecule has 0 amide bonds. The third-order valence-corrected chi connectivity index (χ3v) is 7.86. The first-order chi connectivity index (χ1) is 19.2. The van der Waals surface area contributed by atoms with Gasteiger partial charge in [0.1, 0.15) is 0 Å². The van der Waals surface area contributed by atoms with Crippen molar-refractivity contribution in [2.24, 2.45) is 11.8 Å². The Morgan fingerprint density at radius 2 is 1.08 bits per heavy atom. The van der Waals surface area contributed by atoms with Crippen molar-refractivity contribution in [3.8, 4) is 0 Å². The average molecular weight is 502 g/mol. The quantitative estimate of drug-likeness (QED) is 0.240. The SMILES string of the molecule is C=C1/C(=C/c2ccc(N(c3ccccc3)c3ccccc3)cc2)C(=O)C2C=c3cc4ccccc4cc3=CC12. The molecule has 5 aromatic rings. The molecule has 39 heavy (non-hydrogen) atoms. The van der Waals surface area contributed by atoms with Gasteiger partial charge in [-0.3, -0.25) is 4.79 Å². The van der Waals surface area contributed by atoms with Gasteiger partial charge in [0.15, 0.2) is 5.78 Å². The van der Waals surface area contributed by atoms with E-state index in [9.17, 15) is 4.79 Å². The van der Waals surface area contributed by atoms with Crippen LogP contribution in [0.5, 0.6) is 0 Å². The maximum atomic E-state index is 13.6. The predicted octanol–water partition coefficient (Wildman–Crippen LogP) is 7.34. The summed E-state index contributed by atoms with van der Waals surface area (Å²) in [5.74, 6) is -0.0361. The molecule has 5 aromatic carbocycles. The number of hydrogen-bond acceptors (Lipinski definition) is 2. The summed E-state index contributed by atoms with van der Waals surface area (Å²) in [5.41, 5.74) is 5.87. The van der Waals surface area contributed by atoms with E-state index in [0.717, 1.165) is 39.0 Å². The number of anilines is 3. The van der Waals surface area contributed by atoms with Gasteiger partial charge in [-0.25, -0.2) is 0 Å². The van der Waals surface area contributed by atoms with Crippen LogP contribution >= 0.6 is 0 Å². The Kier molecular flexibility index (Phi) is 5.60. The van der Waals surface area contributed by atoms with Crippen molar-refractivity contribution in [1.29, 1.82) is 0 Å². The first-order valence-electron chi connectivity index (χ1n) is 13.3. The van der Waals surface area contributed by atoms with Gasteiger partial charge in [0.05, 0.1) is 5.92 Å². The average Bonchev–Trinajstić information content (AvgIpc) is 3.21. The first-order valence-corrected chi connectivity index (χ1v) is 13.3. The van der Waals surface area contributed by atoms with E-state index in [1.54, 1.807) is 0 Å². The summed E-state index contributed by atoms with van der Waals surface area (Å²) in [7, 11) is 0. The Hall–Kier alpha value is -4.95. The molecule has 1 saturated carbocycles. The van der Waals surface area contributed by atoms with Crippen molar-refractivity contribution in [3.05, 3.63) is 155 Å². The summed E-state index contributed by atoms with van der Waals surface area (Å²) in [5, 5.41) is 4.71. The number of ketones is 1. The van der Waals surface area contributed by atoms with Crippen LogP contribution in [0, 0.1) is 11.8 Å². The van der Waals surface area contributed by atoms with Crippen LogP contribution in [-0.2, 0) is 4.79 Å². The molecule has 0 spiro atoms. The van der Waals surface area contributed by atoms with Gasteiger partial charge in [-0.2, -0.15) is 0 Å². The smallest absolute Gasteiger partial charge is 0.170 e. The number of benzene rings is 5. The zero-order valence-electron chi connectivity index (χ0n) is 21.5. The number of hydrogen-bond donors (Lipinski definition) is 0. The van der Waals surface area contributed by atoms with Crippen LogP contribution in [0.1, 0.15) is 5.56 Å². The zero-order chi connectivity index (χ0) is 26.3. The van der Waals surface area contributed by atoms with E-state index in [1.807, 2.05) is 18.2 Å². The van der Waals surface area contributed by atoms with Crippen molar-refractivity contribution in [1.82, 2.24) is 0 Å². The molecule has 7 rings (SSSR count). The van der Waals surface area contributed by atoms with Crippen molar-refractivity contribution in [2.45, 2.75) is 0 Å². The van der Waals surface area contributed by atoms with Gasteiger partial charge in [0.2, 0.25) is 0 Å². The molecule has 0 aromatic heterocycles. The number of Topliss-reactive ketones (excluding diaryl/α,β-unsaturated/α-hetero) is 1. The van der Waals surface area contributed by atoms with E-state index in [-0.39, 0.29) is 17.6 Å². The molecule has 2 atom stereocenters. The van der Waals surface area contributed by atoms with E-state index in [1.165, 1.54) is 16.0 Å². The minimum atomic E-state index is -0.191. The Morgan fingerprint density at radius 3 is 1.64 bits per heavy atom. The molecule has 0 radical (unpaired) electrons. The van der Waals surface area contributed by atoms with Gasteiger partial charge in [-0.05, 0) is 87.0 Å². The summed E-state index contributed by atoms with van der Waals surface area (Å²) in [6, 6.07) is 41.9. The summed E-state index contributed by atoms with van der Waals surface area (Å²) in [6.07, 6.45) is 6.38. The molecule has 0 heterocycles. The summed E-state index contributed by atoms with van der Waals surface area (Å²) < 4.78 is 0. The fourth-order valence-corrected chi connectivity index (χ4v) is 5.88. The highest BCUT2D eigenvalue weighted by molar-refractivity contribution is 6.12. The van der Waals surface area contributed by atoms with Gasteiger partial charge < -0.3 is 4.90 Å². The van der Waals surface area contributed by atoms with E-state index in [0.29, 0.717) is 0 Å². The maximum Gasteiger partial charge on any atom is 0.170 e. The van der Waals surface area contributed by atoms with E-state index in [4.69, 9.17) is 0 Å². The van der Waals surface area contributed by atoms with Crippen molar-refractivity contribution in [2.75, 3.05) is 4.90 Å². The molecular weight excluding hydrogens is 474 g/mol. The molecule has 2 nitrogen and oxygen atoms in total. The van der Waals surface area contributed by atoms with E-state index < -0.39 is 0 Å². The highest BCUT2D eigenvalue weighted by Gasteiger charge is 2.39. The predicted molar refractivity (Wildman–Crippen MR) is 162 cm³/mol. The van der Waals surface area contributed by atoms with E-state index >= 15 is 0 Å². The van der Waals surface area contributed by atoms with Crippen LogP contribution in [0.2, 0.25) is 0 Å². The molecule has 0 N–H and O–H groups in total. The fraction of sp³-hybridized carbons (Fsp3) is 0.0541. The van der Waals surface area contributed by atoms with Crippen molar-refractivity contribution in [3.63, 3.8) is 0 Å². The van der Waals surface area contributed by atoms with Gasteiger partial charge >= 0.3 is 0 Å². The summed E-state index contributed by atoms with van der Waals surface area (Å²) in [4.78, 5) is 15.8. The number of nitrogens with zero attached hydrogens (tertiary/aromatic N) is 1. The van der Waals surface area contributed by atoms with E-state index in [2.05, 4.69) is 133 Å². The number of carbonyl (C=O) groups excluding carboxylic acids is 1. The molecular formula is C37H27NO. The van der Waals surface area contributed by atoms with Crippen LogP contribution in [0.25, 0.3) is 29.0 Å². The molecule has 2 aliphatic carbocycles. The number of allylic oxidation sites excluding steroid dienone is 2. The molecule has 2 unspecified atom stereocenters. The second-order valence-electron chi connectivity index (χ2n) is 10.3.